The van der Waals surface area contributed by atoms with Gasteiger partial charge in [-0.1, -0.05) is 122 Å². The molecule has 0 aliphatic rings. The van der Waals surface area contributed by atoms with Gasteiger partial charge in [-0.3, -0.25) is 14.5 Å². The van der Waals surface area contributed by atoms with Gasteiger partial charge in [0.1, 0.15) is 11.6 Å². The van der Waals surface area contributed by atoms with Crippen molar-refractivity contribution in [3.8, 4) is 45.1 Å². The molecular formula is C51H50N4O. The monoisotopic (exact) mass is 734 g/mol. The number of imidazole rings is 1. The van der Waals surface area contributed by atoms with Crippen molar-refractivity contribution >= 4 is 21.9 Å². The summed E-state index contributed by atoms with van der Waals surface area (Å²) in [4.78, 5) is 15.0. The number of hydrogen-bond acceptors (Lipinski definition) is 4. The molecule has 0 saturated carbocycles. The molecule has 0 atom stereocenters. The SMILES string of the molecule is Cc1ccnc2c(-c3cccc(-c4cc(C(C)(C)c5ccccc5)cc5c4nc(-c4cc(C(C)(C)C)ccc4O)n5-c4ccc(C(C)(C)C)cc4)c3)cncc12. The van der Waals surface area contributed by atoms with Gasteiger partial charge in [0.05, 0.1) is 22.1 Å². The molecule has 8 rings (SSSR count). The first-order chi connectivity index (χ1) is 26.6. The Morgan fingerprint density at radius 1 is 0.554 bits per heavy atom. The van der Waals surface area contributed by atoms with Crippen molar-refractivity contribution in [3.05, 3.63) is 162 Å². The molecule has 5 heteroatoms. The van der Waals surface area contributed by atoms with E-state index in [0.717, 1.165) is 66.6 Å². The minimum Gasteiger partial charge on any atom is -0.507 e. The van der Waals surface area contributed by atoms with Crippen LogP contribution in [0.1, 0.15) is 83.2 Å². The van der Waals surface area contributed by atoms with Crippen LogP contribution in [0.4, 0.5) is 0 Å². The van der Waals surface area contributed by atoms with Gasteiger partial charge in [0.2, 0.25) is 0 Å². The Kier molecular flexibility index (Phi) is 8.95. The predicted octanol–water partition coefficient (Wildman–Crippen LogP) is 12.9. The van der Waals surface area contributed by atoms with Crippen LogP contribution in [0, 0.1) is 6.92 Å². The lowest BCUT2D eigenvalue weighted by Crippen LogP contribution is -2.19. The first kappa shape index (κ1) is 36.9. The standard InChI is InChI=1S/C51H50N4O/c1-32-24-25-53-46-42(32)30-52-31-43(46)34-15-13-14-33(26-34)40-28-38(51(8,9)36-16-11-10-12-17-36)29-44-47(40)54-48(41-27-37(50(5,6)7)20-23-45(41)56)55(44)39-21-18-35(19-22-39)49(2,3)4/h10-31,56H,1-9H3. The Bertz CT molecular complexity index is 2740. The van der Waals surface area contributed by atoms with Gasteiger partial charge in [-0.15, -0.1) is 0 Å². The van der Waals surface area contributed by atoms with Crippen molar-refractivity contribution in [2.75, 3.05) is 0 Å². The fourth-order valence-corrected chi connectivity index (χ4v) is 7.77. The zero-order valence-corrected chi connectivity index (χ0v) is 33.9. The maximum Gasteiger partial charge on any atom is 0.149 e. The van der Waals surface area contributed by atoms with E-state index >= 15 is 0 Å². The maximum atomic E-state index is 11.6. The molecule has 3 heterocycles. The molecule has 5 aromatic carbocycles. The Morgan fingerprint density at radius 2 is 1.21 bits per heavy atom. The third kappa shape index (κ3) is 6.55. The molecule has 0 aliphatic heterocycles. The second-order valence-corrected chi connectivity index (χ2v) is 17.7. The van der Waals surface area contributed by atoms with Crippen LogP contribution in [0.2, 0.25) is 0 Å². The molecule has 0 amide bonds. The van der Waals surface area contributed by atoms with E-state index in [4.69, 9.17) is 9.97 Å². The van der Waals surface area contributed by atoms with Crippen LogP contribution in [0.5, 0.6) is 5.75 Å². The van der Waals surface area contributed by atoms with Crippen molar-refractivity contribution in [1.29, 1.82) is 0 Å². The highest BCUT2D eigenvalue weighted by Crippen LogP contribution is 2.43. The van der Waals surface area contributed by atoms with Gasteiger partial charge in [0, 0.05) is 46.2 Å². The van der Waals surface area contributed by atoms with Crippen molar-refractivity contribution in [3.63, 3.8) is 0 Å². The highest BCUT2D eigenvalue weighted by atomic mass is 16.3. The van der Waals surface area contributed by atoms with Crippen LogP contribution in [-0.4, -0.2) is 24.6 Å². The summed E-state index contributed by atoms with van der Waals surface area (Å²) in [5.74, 6) is 0.887. The van der Waals surface area contributed by atoms with E-state index < -0.39 is 0 Å². The highest BCUT2D eigenvalue weighted by molar-refractivity contribution is 5.99. The molecule has 0 spiro atoms. The Labute approximate surface area is 330 Å². The van der Waals surface area contributed by atoms with Gasteiger partial charge in [-0.2, -0.15) is 0 Å². The van der Waals surface area contributed by atoms with Crippen LogP contribution in [0.15, 0.2) is 134 Å². The van der Waals surface area contributed by atoms with Crippen LogP contribution < -0.4 is 0 Å². The van der Waals surface area contributed by atoms with Crippen LogP contribution in [0.3, 0.4) is 0 Å². The number of hydrogen-bond donors (Lipinski definition) is 1. The molecule has 280 valence electrons. The first-order valence-corrected chi connectivity index (χ1v) is 19.5. The Hall–Kier alpha value is -6.07. The maximum absolute atomic E-state index is 11.6. The van der Waals surface area contributed by atoms with Gasteiger partial charge in [0.25, 0.3) is 0 Å². The van der Waals surface area contributed by atoms with E-state index in [1.165, 1.54) is 11.1 Å². The van der Waals surface area contributed by atoms with E-state index in [1.807, 2.05) is 36.8 Å². The molecule has 0 bridgehead atoms. The summed E-state index contributed by atoms with van der Waals surface area (Å²) < 4.78 is 2.24. The van der Waals surface area contributed by atoms with Crippen LogP contribution in [0.25, 0.3) is 61.3 Å². The number of phenols is 1. The molecule has 56 heavy (non-hydrogen) atoms. The summed E-state index contributed by atoms with van der Waals surface area (Å²) in [7, 11) is 0. The number of rotatable bonds is 6. The number of benzene rings is 5. The molecule has 5 nitrogen and oxygen atoms in total. The smallest absolute Gasteiger partial charge is 0.149 e. The zero-order valence-electron chi connectivity index (χ0n) is 33.9. The van der Waals surface area contributed by atoms with E-state index in [1.54, 1.807) is 0 Å². The topological polar surface area (TPSA) is 63.8 Å². The zero-order chi connectivity index (χ0) is 39.6. The fourth-order valence-electron chi connectivity index (χ4n) is 7.77. The summed E-state index contributed by atoms with van der Waals surface area (Å²) >= 11 is 0. The quantitative estimate of drug-likeness (QED) is 0.185. The van der Waals surface area contributed by atoms with E-state index in [9.17, 15) is 5.11 Å². The first-order valence-electron chi connectivity index (χ1n) is 19.5. The van der Waals surface area contributed by atoms with Crippen molar-refractivity contribution in [2.45, 2.75) is 78.6 Å². The average molecular weight is 735 g/mol. The fraction of sp³-hybridized carbons (Fsp3) is 0.235. The second-order valence-electron chi connectivity index (χ2n) is 17.7. The molecular weight excluding hydrogens is 685 g/mol. The number of aryl methyl sites for hydroxylation is 1. The molecule has 8 aromatic rings. The molecule has 0 fully saturated rings. The van der Waals surface area contributed by atoms with Gasteiger partial charge in [0.15, 0.2) is 0 Å². The summed E-state index contributed by atoms with van der Waals surface area (Å²) in [5, 5.41) is 12.7. The number of nitrogens with zero attached hydrogens (tertiary/aromatic N) is 4. The number of fused-ring (bicyclic) bond motifs is 2. The Balaban J connectivity index is 1.46. The highest BCUT2D eigenvalue weighted by Gasteiger charge is 2.29. The van der Waals surface area contributed by atoms with Crippen LogP contribution in [-0.2, 0) is 16.2 Å². The number of aromatic hydroxyl groups is 1. The van der Waals surface area contributed by atoms with Gasteiger partial charge < -0.3 is 5.11 Å². The minimum absolute atomic E-state index is 0.00342. The third-order valence-electron chi connectivity index (χ3n) is 11.4. The lowest BCUT2D eigenvalue weighted by Gasteiger charge is -2.27. The molecule has 0 saturated heterocycles. The summed E-state index contributed by atoms with van der Waals surface area (Å²) in [6.45, 7) is 20.0. The predicted molar refractivity (Wildman–Crippen MR) is 233 cm³/mol. The largest absolute Gasteiger partial charge is 0.507 e. The van der Waals surface area contributed by atoms with Crippen molar-refractivity contribution in [1.82, 2.24) is 19.5 Å². The average Bonchev–Trinajstić information content (AvgIpc) is 3.57. The van der Waals surface area contributed by atoms with Crippen molar-refractivity contribution < 1.29 is 5.11 Å². The normalized spacial score (nSPS) is 12.4. The molecule has 3 aromatic heterocycles. The minimum atomic E-state index is -0.345. The number of pyridine rings is 2. The Morgan fingerprint density at radius 3 is 1.91 bits per heavy atom. The van der Waals surface area contributed by atoms with E-state index in [2.05, 4.69) is 169 Å². The molecule has 1 N–H and O–H groups in total. The van der Waals surface area contributed by atoms with E-state index in [0.29, 0.717) is 11.4 Å². The third-order valence-corrected chi connectivity index (χ3v) is 11.4. The van der Waals surface area contributed by atoms with Gasteiger partial charge in [-0.25, -0.2) is 4.98 Å². The molecule has 0 aliphatic carbocycles. The molecule has 0 unspecified atom stereocenters. The van der Waals surface area contributed by atoms with Crippen LogP contribution >= 0.6 is 0 Å². The summed E-state index contributed by atoms with van der Waals surface area (Å²) in [6.07, 6.45) is 5.68. The van der Waals surface area contributed by atoms with Crippen molar-refractivity contribution in [2.24, 2.45) is 0 Å². The van der Waals surface area contributed by atoms with E-state index in [-0.39, 0.29) is 22.0 Å². The van der Waals surface area contributed by atoms with Gasteiger partial charge >= 0.3 is 0 Å². The summed E-state index contributed by atoms with van der Waals surface area (Å²) in [6, 6.07) is 40.7. The lowest BCUT2D eigenvalue weighted by atomic mass is 9.77. The second kappa shape index (κ2) is 13.6. The number of phenolic OH excluding ortho intramolecular Hbond substituents is 1. The van der Waals surface area contributed by atoms with Gasteiger partial charge in [-0.05, 0) is 105 Å². The summed E-state index contributed by atoms with van der Waals surface area (Å²) in [5.41, 5.74) is 13.9. The number of aromatic nitrogens is 4. The lowest BCUT2D eigenvalue weighted by molar-refractivity contribution is 0.475. The molecule has 0 radical (unpaired) electrons.